The number of aromatic nitrogens is 1. The van der Waals surface area contributed by atoms with Crippen LogP contribution in [-0.2, 0) is 4.79 Å². The highest BCUT2D eigenvalue weighted by molar-refractivity contribution is 6.32. The van der Waals surface area contributed by atoms with Gasteiger partial charge >= 0.3 is 0 Å². The number of Topliss-reactive ketones (excluding diaryl/α,β-unsaturated/α-hetero) is 1. The van der Waals surface area contributed by atoms with E-state index in [4.69, 9.17) is 11.6 Å². The van der Waals surface area contributed by atoms with Gasteiger partial charge in [-0.25, -0.2) is 4.39 Å². The monoisotopic (exact) mass is 584 g/mol. The van der Waals surface area contributed by atoms with Gasteiger partial charge in [0.25, 0.3) is 0 Å². The Morgan fingerprint density at radius 2 is 1.74 bits per heavy atom. The summed E-state index contributed by atoms with van der Waals surface area (Å²) in [6.45, 7) is 1.87. The molecule has 1 aromatic heterocycles. The number of rotatable bonds is 7. The normalized spacial score (nSPS) is 16.9. The molecule has 206 valence electrons. The van der Waals surface area contributed by atoms with Crippen molar-refractivity contribution in [2.75, 3.05) is 26.0 Å². The van der Waals surface area contributed by atoms with Crippen LogP contribution in [0.2, 0.25) is 5.02 Å². The van der Waals surface area contributed by atoms with Crippen LogP contribution in [0.4, 0.5) is 10.1 Å². The number of fused-ring (bicyclic) bond motifs is 1. The van der Waals surface area contributed by atoms with E-state index in [1.54, 1.807) is 12.3 Å². The minimum Gasteiger partial charge on any atom is -0.504 e. The van der Waals surface area contributed by atoms with Gasteiger partial charge in [-0.3, -0.25) is 14.6 Å². The number of amides is 1. The first kappa shape index (κ1) is 31.6. The number of pyridine rings is 1. The fourth-order valence-corrected chi connectivity index (χ4v) is 4.88. The molecule has 1 amide bonds. The van der Waals surface area contributed by atoms with E-state index in [9.17, 15) is 19.1 Å². The molecule has 7 nitrogen and oxygen atoms in total. The largest absolute Gasteiger partial charge is 0.504 e. The molecule has 1 aliphatic rings. The van der Waals surface area contributed by atoms with Crippen LogP contribution in [0.15, 0.2) is 36.5 Å². The average Bonchev–Trinajstić information content (AvgIpc) is 2.82. The second kappa shape index (κ2) is 13.4. The first-order chi connectivity index (χ1) is 17.1. The number of hydrogen-bond acceptors (Lipinski definition) is 6. The summed E-state index contributed by atoms with van der Waals surface area (Å²) in [4.78, 5) is 30.9. The van der Waals surface area contributed by atoms with Gasteiger partial charge in [0.15, 0.2) is 17.3 Å². The van der Waals surface area contributed by atoms with E-state index in [0.717, 1.165) is 31.1 Å². The molecule has 0 spiro atoms. The van der Waals surface area contributed by atoms with Crippen LogP contribution in [0.25, 0.3) is 22.0 Å². The van der Waals surface area contributed by atoms with E-state index in [0.29, 0.717) is 34.4 Å². The Labute approximate surface area is 239 Å². The number of aromatic hydroxyl groups is 1. The van der Waals surface area contributed by atoms with Crippen LogP contribution in [0.5, 0.6) is 5.75 Å². The number of nitrogens with one attached hydrogen (secondary N) is 2. The number of carbonyl (C=O) groups excluding carboxylic acids is 2. The average molecular weight is 586 g/mol. The lowest BCUT2D eigenvalue weighted by molar-refractivity contribution is -0.122. The molecule has 0 saturated heterocycles. The molecule has 11 heteroatoms. The molecule has 38 heavy (non-hydrogen) atoms. The molecule has 1 heterocycles. The molecule has 0 radical (unpaired) electrons. The predicted octanol–water partition coefficient (Wildman–Crippen LogP) is 5.85. The summed E-state index contributed by atoms with van der Waals surface area (Å²) in [7, 11) is 3.73. The van der Waals surface area contributed by atoms with E-state index in [2.05, 4.69) is 15.6 Å². The van der Waals surface area contributed by atoms with Crippen molar-refractivity contribution in [2.24, 2.45) is 0 Å². The molecular weight excluding hydrogens is 554 g/mol. The standard InChI is InChI=1S/C27H30ClFN4O3.2ClH/c1-15(34)21-13-30-24-9-4-16(17-11-22(28)27(36)23(29)12-17)10-20(24)26(21)32-19-7-5-18(6-8-19)31-25(35)14-33(2)3;;/h4,9-13,18-19,36H,5-8,14H2,1-3H3,(H,30,32)(H,31,35);2*1H/t18-,19-;;. The summed E-state index contributed by atoms with van der Waals surface area (Å²) in [5.74, 6) is -1.48. The van der Waals surface area contributed by atoms with Crippen molar-refractivity contribution in [2.45, 2.75) is 44.7 Å². The summed E-state index contributed by atoms with van der Waals surface area (Å²) in [6, 6.07) is 8.46. The Morgan fingerprint density at radius 1 is 1.08 bits per heavy atom. The number of phenolic OH excluding ortho intramolecular Hbond substituents is 1. The molecule has 2 aromatic carbocycles. The summed E-state index contributed by atoms with van der Waals surface area (Å²) < 4.78 is 14.1. The van der Waals surface area contributed by atoms with Crippen molar-refractivity contribution in [1.29, 1.82) is 0 Å². The van der Waals surface area contributed by atoms with Crippen molar-refractivity contribution in [3.8, 4) is 16.9 Å². The number of hydrogen-bond donors (Lipinski definition) is 3. The lowest BCUT2D eigenvalue weighted by atomic mass is 9.90. The topological polar surface area (TPSA) is 94.6 Å². The van der Waals surface area contributed by atoms with Gasteiger partial charge in [0, 0.05) is 23.7 Å². The highest BCUT2D eigenvalue weighted by atomic mass is 35.5. The zero-order valence-electron chi connectivity index (χ0n) is 21.4. The summed E-state index contributed by atoms with van der Waals surface area (Å²) in [5, 5.41) is 17.0. The number of ketones is 1. The molecule has 0 bridgehead atoms. The van der Waals surface area contributed by atoms with E-state index in [1.165, 1.54) is 19.1 Å². The quantitative estimate of drug-likeness (QED) is 0.301. The van der Waals surface area contributed by atoms with Gasteiger partial charge in [-0.05, 0) is 82.1 Å². The number of carbonyl (C=O) groups is 2. The number of benzene rings is 2. The predicted molar refractivity (Wildman–Crippen MR) is 155 cm³/mol. The van der Waals surface area contributed by atoms with E-state index >= 15 is 0 Å². The number of phenols is 1. The van der Waals surface area contributed by atoms with E-state index < -0.39 is 11.6 Å². The number of nitrogens with zero attached hydrogens (tertiary/aromatic N) is 2. The van der Waals surface area contributed by atoms with Crippen LogP contribution in [-0.4, -0.2) is 59.4 Å². The Kier molecular flexibility index (Phi) is 11.2. The maximum absolute atomic E-state index is 14.1. The zero-order chi connectivity index (χ0) is 26.0. The van der Waals surface area contributed by atoms with E-state index in [-0.39, 0.29) is 53.6 Å². The van der Waals surface area contributed by atoms with Crippen LogP contribution in [0, 0.1) is 5.82 Å². The second-order valence-electron chi connectivity index (χ2n) is 9.62. The third kappa shape index (κ3) is 7.26. The Hall–Kier alpha value is -2.65. The Bertz CT molecular complexity index is 1290. The molecule has 1 saturated carbocycles. The van der Waals surface area contributed by atoms with Crippen LogP contribution in [0.3, 0.4) is 0 Å². The van der Waals surface area contributed by atoms with Gasteiger partial charge in [0.05, 0.1) is 28.3 Å². The summed E-state index contributed by atoms with van der Waals surface area (Å²) >= 11 is 5.99. The second-order valence-corrected chi connectivity index (χ2v) is 10.0. The van der Waals surface area contributed by atoms with Crippen molar-refractivity contribution in [3.63, 3.8) is 0 Å². The molecule has 4 rings (SSSR count). The van der Waals surface area contributed by atoms with Gasteiger partial charge in [0.2, 0.25) is 5.91 Å². The lowest BCUT2D eigenvalue weighted by Gasteiger charge is -2.31. The summed E-state index contributed by atoms with van der Waals surface area (Å²) in [5.41, 5.74) is 3.06. The highest BCUT2D eigenvalue weighted by Gasteiger charge is 2.24. The highest BCUT2D eigenvalue weighted by Crippen LogP contribution is 2.36. The third-order valence-corrected chi connectivity index (χ3v) is 6.79. The molecule has 3 N–H and O–H groups in total. The fourth-order valence-electron chi connectivity index (χ4n) is 4.67. The Morgan fingerprint density at radius 3 is 2.34 bits per heavy atom. The van der Waals surface area contributed by atoms with Crippen molar-refractivity contribution in [3.05, 3.63) is 52.9 Å². The van der Waals surface area contributed by atoms with E-state index in [1.807, 2.05) is 31.1 Å². The molecule has 0 aliphatic heterocycles. The smallest absolute Gasteiger partial charge is 0.234 e. The van der Waals surface area contributed by atoms with Gasteiger partial charge in [-0.1, -0.05) is 17.7 Å². The van der Waals surface area contributed by atoms with Crippen molar-refractivity contribution >= 4 is 64.7 Å². The van der Waals surface area contributed by atoms with Crippen LogP contribution < -0.4 is 10.6 Å². The maximum Gasteiger partial charge on any atom is 0.234 e. The third-order valence-electron chi connectivity index (χ3n) is 6.50. The lowest BCUT2D eigenvalue weighted by Crippen LogP contribution is -2.43. The van der Waals surface area contributed by atoms with Gasteiger partial charge < -0.3 is 20.6 Å². The number of anilines is 1. The molecule has 0 unspecified atom stereocenters. The minimum absolute atomic E-state index is 0. The molecule has 1 fully saturated rings. The van der Waals surface area contributed by atoms with Crippen molar-refractivity contribution < 1.29 is 19.1 Å². The first-order valence-electron chi connectivity index (χ1n) is 11.9. The molecule has 3 aromatic rings. The van der Waals surface area contributed by atoms with Crippen LogP contribution in [0.1, 0.15) is 43.0 Å². The number of halogens is 4. The molecule has 1 aliphatic carbocycles. The Balaban J connectivity index is 0.00000253. The van der Waals surface area contributed by atoms with Gasteiger partial charge in [-0.15, -0.1) is 24.8 Å². The molecule has 0 atom stereocenters. The first-order valence-corrected chi connectivity index (χ1v) is 12.3. The number of likely N-dealkylation sites (N-methyl/N-ethyl adjacent to an activating group) is 1. The fraction of sp³-hybridized carbons (Fsp3) is 0.370. The maximum atomic E-state index is 14.1. The van der Waals surface area contributed by atoms with Gasteiger partial charge in [0.1, 0.15) is 0 Å². The van der Waals surface area contributed by atoms with Crippen molar-refractivity contribution in [1.82, 2.24) is 15.2 Å². The van der Waals surface area contributed by atoms with Crippen LogP contribution >= 0.6 is 36.4 Å². The zero-order valence-corrected chi connectivity index (χ0v) is 23.8. The SMILES string of the molecule is CC(=O)c1cnc2ccc(-c3cc(F)c(O)c(Cl)c3)cc2c1N[C@H]1CC[C@H](NC(=O)CN(C)C)CC1.Cl.Cl. The summed E-state index contributed by atoms with van der Waals surface area (Å²) in [6.07, 6.45) is 4.94. The van der Waals surface area contributed by atoms with Gasteiger partial charge in [-0.2, -0.15) is 0 Å². The molecular formula is C27H32Cl3FN4O3. The minimum atomic E-state index is -0.805.